The summed E-state index contributed by atoms with van der Waals surface area (Å²) in [6.07, 6.45) is -3.85. The zero-order valence-electron chi connectivity index (χ0n) is 7.18. The molecule has 0 radical (unpaired) electrons. The third kappa shape index (κ3) is 2.04. The monoisotopic (exact) mass is 208 g/mol. The molecule has 0 saturated heterocycles. The van der Waals surface area contributed by atoms with E-state index < -0.39 is 23.5 Å². The van der Waals surface area contributed by atoms with Crippen molar-refractivity contribution in [3.05, 3.63) is 17.7 Å². The summed E-state index contributed by atoms with van der Waals surface area (Å²) in [6.45, 7) is 1.51. The van der Waals surface area contributed by atoms with E-state index in [0.29, 0.717) is 0 Å². The van der Waals surface area contributed by atoms with Crippen LogP contribution < -0.4 is 0 Å². The largest absolute Gasteiger partial charge is 0.461 e. The second-order valence-electron chi connectivity index (χ2n) is 2.34. The van der Waals surface area contributed by atoms with Crippen molar-refractivity contribution in [2.45, 2.75) is 13.1 Å². The van der Waals surface area contributed by atoms with Crippen molar-refractivity contribution >= 4 is 5.97 Å². The summed E-state index contributed by atoms with van der Waals surface area (Å²) in [5, 5.41) is 0. The minimum absolute atomic E-state index is 0.00908. The van der Waals surface area contributed by atoms with Gasteiger partial charge in [-0.2, -0.15) is 13.2 Å². The number of carbonyl (C=O) groups is 1. The van der Waals surface area contributed by atoms with E-state index in [1.165, 1.54) is 6.92 Å². The van der Waals surface area contributed by atoms with Crippen molar-refractivity contribution in [2.24, 2.45) is 0 Å². The normalized spacial score (nSPS) is 11.4. The van der Waals surface area contributed by atoms with Crippen molar-refractivity contribution < 1.29 is 22.7 Å². The molecular formula is C7H7F3N2O2. The number of aromatic nitrogens is 2. The minimum Gasteiger partial charge on any atom is -0.461 e. The molecule has 0 spiro atoms. The highest BCUT2D eigenvalue weighted by atomic mass is 19.4. The van der Waals surface area contributed by atoms with E-state index >= 15 is 0 Å². The van der Waals surface area contributed by atoms with Crippen LogP contribution in [0.2, 0.25) is 0 Å². The van der Waals surface area contributed by atoms with Gasteiger partial charge in [-0.05, 0) is 6.92 Å². The van der Waals surface area contributed by atoms with Gasteiger partial charge < -0.3 is 9.72 Å². The molecular weight excluding hydrogens is 201 g/mol. The van der Waals surface area contributed by atoms with Crippen molar-refractivity contribution in [3.63, 3.8) is 0 Å². The highest BCUT2D eigenvalue weighted by Crippen LogP contribution is 2.29. The van der Waals surface area contributed by atoms with Crippen LogP contribution in [0.15, 0.2) is 6.33 Å². The van der Waals surface area contributed by atoms with Gasteiger partial charge in [0.15, 0.2) is 11.4 Å². The lowest BCUT2D eigenvalue weighted by atomic mass is 10.3. The minimum atomic E-state index is -4.65. The van der Waals surface area contributed by atoms with Crippen molar-refractivity contribution in [3.8, 4) is 0 Å². The quantitative estimate of drug-likeness (QED) is 0.751. The Hall–Kier alpha value is -1.53. The van der Waals surface area contributed by atoms with Gasteiger partial charge in [0.1, 0.15) is 0 Å². The average Bonchev–Trinajstić information content (AvgIpc) is 2.50. The Morgan fingerprint density at radius 1 is 1.64 bits per heavy atom. The first-order valence-corrected chi connectivity index (χ1v) is 3.74. The molecule has 0 saturated carbocycles. The Morgan fingerprint density at radius 3 is 2.79 bits per heavy atom. The number of imidazole rings is 1. The number of nitrogens with one attached hydrogen (secondary N) is 1. The predicted octanol–water partition coefficient (Wildman–Crippen LogP) is 1.61. The molecule has 1 aromatic heterocycles. The summed E-state index contributed by atoms with van der Waals surface area (Å²) in [4.78, 5) is 16.1. The molecule has 0 aliphatic heterocycles. The number of ether oxygens (including phenoxy) is 1. The summed E-state index contributed by atoms with van der Waals surface area (Å²) in [5.74, 6) is -1.06. The number of hydrogen-bond donors (Lipinski definition) is 1. The Bertz CT molecular complexity index is 332. The van der Waals surface area contributed by atoms with Gasteiger partial charge in [0.05, 0.1) is 12.9 Å². The molecule has 1 rings (SSSR count). The van der Waals surface area contributed by atoms with Crippen molar-refractivity contribution in [2.75, 3.05) is 6.61 Å². The molecule has 0 bridgehead atoms. The van der Waals surface area contributed by atoms with Gasteiger partial charge in [-0.1, -0.05) is 0 Å². The maximum atomic E-state index is 12.2. The molecule has 1 N–H and O–H groups in total. The topological polar surface area (TPSA) is 55.0 Å². The van der Waals surface area contributed by atoms with Gasteiger partial charge in [-0.15, -0.1) is 0 Å². The Labute approximate surface area is 77.1 Å². The van der Waals surface area contributed by atoms with Crippen LogP contribution in [0.1, 0.15) is 23.1 Å². The SMILES string of the molecule is CCOC(=O)c1[nH]cnc1C(F)(F)F. The number of aromatic amines is 1. The fourth-order valence-corrected chi connectivity index (χ4v) is 0.868. The standard InChI is InChI=1S/C7H7F3N2O2/c1-2-14-6(13)4-5(7(8,9)10)12-3-11-4/h3H,2H2,1H3,(H,11,12). The summed E-state index contributed by atoms with van der Waals surface area (Å²) >= 11 is 0. The molecule has 1 heterocycles. The maximum Gasteiger partial charge on any atom is 0.435 e. The lowest BCUT2D eigenvalue weighted by molar-refractivity contribution is -0.141. The van der Waals surface area contributed by atoms with E-state index in [-0.39, 0.29) is 6.61 Å². The molecule has 0 fully saturated rings. The van der Waals surface area contributed by atoms with Crippen molar-refractivity contribution in [1.82, 2.24) is 9.97 Å². The van der Waals surface area contributed by atoms with Crippen LogP contribution in [0.4, 0.5) is 13.2 Å². The van der Waals surface area contributed by atoms with Gasteiger partial charge in [-0.3, -0.25) is 0 Å². The molecule has 4 nitrogen and oxygen atoms in total. The fraction of sp³-hybridized carbons (Fsp3) is 0.429. The fourth-order valence-electron chi connectivity index (χ4n) is 0.868. The number of rotatable bonds is 2. The predicted molar refractivity (Wildman–Crippen MR) is 39.5 cm³/mol. The Balaban J connectivity index is 2.99. The molecule has 0 aromatic carbocycles. The molecule has 14 heavy (non-hydrogen) atoms. The number of carbonyl (C=O) groups excluding carboxylic acids is 1. The highest BCUT2D eigenvalue weighted by Gasteiger charge is 2.38. The molecule has 7 heteroatoms. The summed E-state index contributed by atoms with van der Waals surface area (Å²) in [7, 11) is 0. The summed E-state index contributed by atoms with van der Waals surface area (Å²) in [6, 6.07) is 0. The summed E-state index contributed by atoms with van der Waals surface area (Å²) < 4.78 is 41.0. The zero-order chi connectivity index (χ0) is 10.8. The van der Waals surface area contributed by atoms with E-state index in [1.807, 2.05) is 0 Å². The molecule has 0 amide bonds. The smallest absolute Gasteiger partial charge is 0.435 e. The van der Waals surface area contributed by atoms with E-state index in [9.17, 15) is 18.0 Å². The van der Waals surface area contributed by atoms with Gasteiger partial charge in [0.2, 0.25) is 0 Å². The molecule has 0 aliphatic carbocycles. The number of alkyl halides is 3. The van der Waals surface area contributed by atoms with Crippen LogP contribution in [-0.2, 0) is 10.9 Å². The van der Waals surface area contributed by atoms with E-state index in [1.54, 1.807) is 0 Å². The second kappa shape index (κ2) is 3.69. The first-order valence-electron chi connectivity index (χ1n) is 3.74. The zero-order valence-corrected chi connectivity index (χ0v) is 7.18. The second-order valence-corrected chi connectivity index (χ2v) is 2.34. The molecule has 1 aromatic rings. The number of H-pyrrole nitrogens is 1. The van der Waals surface area contributed by atoms with Crippen LogP contribution in [0, 0.1) is 0 Å². The Kier molecular flexibility index (Phi) is 2.78. The number of nitrogens with zero attached hydrogens (tertiary/aromatic N) is 1. The van der Waals surface area contributed by atoms with E-state index in [4.69, 9.17) is 0 Å². The summed E-state index contributed by atoms with van der Waals surface area (Å²) in [5.41, 5.74) is -1.92. The third-order valence-corrected chi connectivity index (χ3v) is 1.39. The van der Waals surface area contributed by atoms with Gasteiger partial charge in [0.25, 0.3) is 0 Å². The van der Waals surface area contributed by atoms with Gasteiger partial charge in [-0.25, -0.2) is 9.78 Å². The molecule has 0 unspecified atom stereocenters. The van der Waals surface area contributed by atoms with E-state index in [2.05, 4.69) is 14.7 Å². The average molecular weight is 208 g/mol. The first-order chi connectivity index (χ1) is 6.46. The number of esters is 1. The molecule has 0 aliphatic rings. The van der Waals surface area contributed by atoms with E-state index in [0.717, 1.165) is 6.33 Å². The molecule has 78 valence electrons. The van der Waals surface area contributed by atoms with Crippen LogP contribution in [0.3, 0.4) is 0 Å². The highest BCUT2D eigenvalue weighted by molar-refractivity contribution is 5.88. The first kappa shape index (κ1) is 10.6. The Morgan fingerprint density at radius 2 is 2.29 bits per heavy atom. The van der Waals surface area contributed by atoms with Crippen molar-refractivity contribution in [1.29, 1.82) is 0 Å². The third-order valence-electron chi connectivity index (χ3n) is 1.39. The maximum absolute atomic E-state index is 12.2. The van der Waals surface area contributed by atoms with Crippen LogP contribution in [-0.4, -0.2) is 22.5 Å². The van der Waals surface area contributed by atoms with Crippen LogP contribution >= 0.6 is 0 Å². The lowest BCUT2D eigenvalue weighted by Crippen LogP contribution is -2.15. The molecule has 0 atom stereocenters. The van der Waals surface area contributed by atoms with Crippen LogP contribution in [0.25, 0.3) is 0 Å². The number of hydrogen-bond acceptors (Lipinski definition) is 3. The van der Waals surface area contributed by atoms with Gasteiger partial charge >= 0.3 is 12.1 Å². The number of halogens is 3. The van der Waals surface area contributed by atoms with Crippen LogP contribution in [0.5, 0.6) is 0 Å². The van der Waals surface area contributed by atoms with Gasteiger partial charge in [0, 0.05) is 0 Å². The lowest BCUT2D eigenvalue weighted by Gasteiger charge is -2.05.